The molecule has 80 valence electrons. The van der Waals surface area contributed by atoms with Gasteiger partial charge in [-0.05, 0) is 48.0 Å². The maximum atomic E-state index is 5.19. The first-order valence-electron chi connectivity index (χ1n) is 4.85. The fourth-order valence-electron chi connectivity index (χ4n) is 1.60. The molecule has 0 aliphatic carbocycles. The number of aromatic nitrogens is 2. The van der Waals surface area contributed by atoms with Gasteiger partial charge in [-0.15, -0.1) is 0 Å². The second-order valence-corrected chi connectivity index (χ2v) is 4.46. The van der Waals surface area contributed by atoms with E-state index in [1.807, 2.05) is 22.9 Å². The fourth-order valence-corrected chi connectivity index (χ4v) is 2.09. The van der Waals surface area contributed by atoms with E-state index in [0.29, 0.717) is 6.04 Å². The Morgan fingerprint density at radius 2 is 2.13 bits per heavy atom. The van der Waals surface area contributed by atoms with Gasteiger partial charge in [-0.2, -0.15) is 5.10 Å². The van der Waals surface area contributed by atoms with Gasteiger partial charge in [-0.25, -0.2) is 0 Å². The van der Waals surface area contributed by atoms with Crippen LogP contribution in [0.3, 0.4) is 0 Å². The van der Waals surface area contributed by atoms with Crippen LogP contribution in [0.5, 0.6) is 5.75 Å². The highest BCUT2D eigenvalue weighted by atomic mass is 79.9. The first-order chi connectivity index (χ1) is 7.13. The molecule has 0 spiro atoms. The Morgan fingerprint density at radius 1 is 1.40 bits per heavy atom. The quantitative estimate of drug-likeness (QED) is 0.835. The summed E-state index contributed by atoms with van der Waals surface area (Å²) in [5, 5.41) is 5.53. The number of ether oxygens (including phenoxy) is 1. The van der Waals surface area contributed by atoms with Crippen molar-refractivity contribution in [2.24, 2.45) is 0 Å². The van der Waals surface area contributed by atoms with E-state index in [2.05, 4.69) is 34.9 Å². The summed E-state index contributed by atoms with van der Waals surface area (Å²) >= 11 is 3.46. The van der Waals surface area contributed by atoms with E-state index in [1.165, 1.54) is 0 Å². The number of nitrogens with zero attached hydrogens (tertiary/aromatic N) is 2. The zero-order valence-electron chi connectivity index (χ0n) is 8.99. The van der Waals surface area contributed by atoms with Gasteiger partial charge in [0, 0.05) is 11.4 Å². The largest absolute Gasteiger partial charge is 0.497 e. The molecule has 0 unspecified atom stereocenters. The van der Waals surface area contributed by atoms with Gasteiger partial charge >= 0.3 is 0 Å². The Kier molecular flexibility index (Phi) is 2.69. The van der Waals surface area contributed by atoms with Crippen LogP contribution in [-0.4, -0.2) is 16.9 Å². The molecular formula is C11H13BrN2O. The van der Waals surface area contributed by atoms with Crippen molar-refractivity contribution in [3.63, 3.8) is 0 Å². The minimum Gasteiger partial charge on any atom is -0.497 e. The molecule has 4 heteroatoms. The third kappa shape index (κ3) is 1.74. The molecule has 2 rings (SSSR count). The third-order valence-electron chi connectivity index (χ3n) is 2.36. The smallest absolute Gasteiger partial charge is 0.136 e. The van der Waals surface area contributed by atoms with Crippen LogP contribution < -0.4 is 4.74 Å². The average Bonchev–Trinajstić information content (AvgIpc) is 2.56. The molecule has 2 aromatic rings. The first-order valence-corrected chi connectivity index (χ1v) is 5.64. The van der Waals surface area contributed by atoms with Crippen molar-refractivity contribution in [1.29, 1.82) is 0 Å². The maximum Gasteiger partial charge on any atom is 0.136 e. The third-order valence-corrected chi connectivity index (χ3v) is 2.94. The Labute approximate surface area is 97.2 Å². The van der Waals surface area contributed by atoms with Gasteiger partial charge in [0.15, 0.2) is 0 Å². The number of benzene rings is 1. The normalized spacial score (nSPS) is 11.3. The molecule has 1 aromatic carbocycles. The summed E-state index contributed by atoms with van der Waals surface area (Å²) in [7, 11) is 1.67. The molecule has 0 aliphatic heterocycles. The predicted molar refractivity (Wildman–Crippen MR) is 64.4 cm³/mol. The SMILES string of the molecule is COc1ccc2c(c1)c(Br)nn2C(C)C. The van der Waals surface area contributed by atoms with Gasteiger partial charge in [0.2, 0.25) is 0 Å². The summed E-state index contributed by atoms with van der Waals surface area (Å²) in [6.45, 7) is 4.23. The van der Waals surface area contributed by atoms with Crippen LogP contribution >= 0.6 is 15.9 Å². The highest BCUT2D eigenvalue weighted by Crippen LogP contribution is 2.28. The zero-order chi connectivity index (χ0) is 11.0. The van der Waals surface area contributed by atoms with Crippen LogP contribution in [0.15, 0.2) is 22.8 Å². The topological polar surface area (TPSA) is 27.1 Å². The van der Waals surface area contributed by atoms with Crippen molar-refractivity contribution in [3.05, 3.63) is 22.8 Å². The minimum atomic E-state index is 0.354. The van der Waals surface area contributed by atoms with Gasteiger partial charge in [0.05, 0.1) is 12.6 Å². The molecule has 0 amide bonds. The lowest BCUT2D eigenvalue weighted by molar-refractivity contribution is 0.415. The number of rotatable bonds is 2. The summed E-state index contributed by atoms with van der Waals surface area (Å²) < 4.78 is 8.05. The van der Waals surface area contributed by atoms with E-state index in [0.717, 1.165) is 21.3 Å². The molecule has 0 bridgehead atoms. The lowest BCUT2D eigenvalue weighted by atomic mass is 10.2. The highest BCUT2D eigenvalue weighted by molar-refractivity contribution is 9.10. The fraction of sp³-hybridized carbons (Fsp3) is 0.364. The molecule has 0 fully saturated rings. The highest BCUT2D eigenvalue weighted by Gasteiger charge is 2.11. The number of halogens is 1. The number of hydrogen-bond acceptors (Lipinski definition) is 2. The van der Waals surface area contributed by atoms with Crippen molar-refractivity contribution in [1.82, 2.24) is 9.78 Å². The van der Waals surface area contributed by atoms with Gasteiger partial charge < -0.3 is 4.74 Å². The molecular weight excluding hydrogens is 256 g/mol. The molecule has 0 N–H and O–H groups in total. The maximum absolute atomic E-state index is 5.19. The lowest BCUT2D eigenvalue weighted by Gasteiger charge is -2.06. The molecule has 0 saturated heterocycles. The summed E-state index contributed by atoms with van der Waals surface area (Å²) in [6, 6.07) is 6.33. The van der Waals surface area contributed by atoms with Crippen molar-refractivity contribution in [3.8, 4) is 5.75 Å². The van der Waals surface area contributed by atoms with Crippen LogP contribution in [-0.2, 0) is 0 Å². The second-order valence-electron chi connectivity index (χ2n) is 3.71. The van der Waals surface area contributed by atoms with Crippen molar-refractivity contribution < 1.29 is 4.74 Å². The summed E-state index contributed by atoms with van der Waals surface area (Å²) in [5.74, 6) is 0.853. The Bertz CT molecular complexity index is 491. The Balaban J connectivity index is 2.69. The van der Waals surface area contributed by atoms with Crippen molar-refractivity contribution >= 4 is 26.8 Å². The monoisotopic (exact) mass is 268 g/mol. The van der Waals surface area contributed by atoms with Crippen LogP contribution in [0.1, 0.15) is 19.9 Å². The van der Waals surface area contributed by atoms with E-state index in [9.17, 15) is 0 Å². The molecule has 1 heterocycles. The van der Waals surface area contributed by atoms with Crippen molar-refractivity contribution in [2.45, 2.75) is 19.9 Å². The standard InChI is InChI=1S/C11H13BrN2O/c1-7(2)14-10-5-4-8(15-3)6-9(10)11(12)13-14/h4-7H,1-3H3. The number of methoxy groups -OCH3 is 1. The lowest BCUT2D eigenvalue weighted by Crippen LogP contribution is -2.01. The average molecular weight is 269 g/mol. The van der Waals surface area contributed by atoms with Crippen molar-refractivity contribution in [2.75, 3.05) is 7.11 Å². The Hall–Kier alpha value is -1.03. The van der Waals surface area contributed by atoms with Crippen LogP contribution in [0.25, 0.3) is 10.9 Å². The number of hydrogen-bond donors (Lipinski definition) is 0. The van der Waals surface area contributed by atoms with Gasteiger partial charge in [-0.3, -0.25) is 4.68 Å². The molecule has 0 aliphatic rings. The molecule has 1 aromatic heterocycles. The minimum absolute atomic E-state index is 0.354. The zero-order valence-corrected chi connectivity index (χ0v) is 10.6. The molecule has 15 heavy (non-hydrogen) atoms. The molecule has 3 nitrogen and oxygen atoms in total. The van der Waals surface area contributed by atoms with Gasteiger partial charge in [0.25, 0.3) is 0 Å². The first kappa shape index (κ1) is 10.5. The molecule has 0 radical (unpaired) electrons. The summed E-state index contributed by atoms with van der Waals surface area (Å²) in [4.78, 5) is 0. The molecule has 0 atom stereocenters. The summed E-state index contributed by atoms with van der Waals surface area (Å²) in [5.41, 5.74) is 1.12. The van der Waals surface area contributed by atoms with Crippen LogP contribution in [0.4, 0.5) is 0 Å². The van der Waals surface area contributed by atoms with E-state index in [1.54, 1.807) is 7.11 Å². The van der Waals surface area contributed by atoms with E-state index >= 15 is 0 Å². The number of fused-ring (bicyclic) bond motifs is 1. The van der Waals surface area contributed by atoms with Gasteiger partial charge in [-0.1, -0.05) is 0 Å². The second kappa shape index (κ2) is 3.85. The summed E-state index contributed by atoms with van der Waals surface area (Å²) in [6.07, 6.45) is 0. The van der Waals surface area contributed by atoms with E-state index < -0.39 is 0 Å². The molecule has 0 saturated carbocycles. The Morgan fingerprint density at radius 3 is 2.73 bits per heavy atom. The van der Waals surface area contributed by atoms with Crippen LogP contribution in [0.2, 0.25) is 0 Å². The predicted octanol–water partition coefficient (Wildman–Crippen LogP) is 3.39. The van der Waals surface area contributed by atoms with E-state index in [-0.39, 0.29) is 0 Å². The van der Waals surface area contributed by atoms with Crippen LogP contribution in [0, 0.1) is 0 Å². The van der Waals surface area contributed by atoms with Gasteiger partial charge in [0.1, 0.15) is 10.4 Å². The van der Waals surface area contributed by atoms with E-state index in [4.69, 9.17) is 4.74 Å².